The van der Waals surface area contributed by atoms with Crippen LogP contribution in [-0.2, 0) is 16.1 Å². The minimum absolute atomic E-state index is 0.0644. The van der Waals surface area contributed by atoms with E-state index in [0.29, 0.717) is 17.8 Å². The molecular formula is C15H17N5O4. The first-order chi connectivity index (χ1) is 11.5. The molecule has 9 nitrogen and oxygen atoms in total. The lowest BCUT2D eigenvalue weighted by Gasteiger charge is -2.07. The van der Waals surface area contributed by atoms with Gasteiger partial charge in [0.25, 0.3) is 5.91 Å². The Kier molecular flexibility index (Phi) is 6.01. The van der Waals surface area contributed by atoms with Crippen molar-refractivity contribution in [2.75, 3.05) is 11.9 Å². The normalized spacial score (nSPS) is 10.2. The fourth-order valence-corrected chi connectivity index (χ4v) is 1.88. The Hall–Kier alpha value is -3.23. The summed E-state index contributed by atoms with van der Waals surface area (Å²) < 4.78 is 1.56. The maximum atomic E-state index is 11.8. The Morgan fingerprint density at radius 3 is 2.50 bits per heavy atom. The van der Waals surface area contributed by atoms with E-state index >= 15 is 0 Å². The number of carbonyl (C=O) groups excluding carboxylic acids is 2. The van der Waals surface area contributed by atoms with Crippen molar-refractivity contribution in [2.24, 2.45) is 0 Å². The molecule has 0 atom stereocenters. The number of aromatic nitrogens is 3. The van der Waals surface area contributed by atoms with Crippen molar-refractivity contribution in [3.8, 4) is 0 Å². The molecule has 0 spiro atoms. The highest BCUT2D eigenvalue weighted by molar-refractivity contribution is 5.95. The van der Waals surface area contributed by atoms with E-state index in [1.807, 2.05) is 0 Å². The molecule has 1 aromatic carbocycles. The van der Waals surface area contributed by atoms with Gasteiger partial charge in [-0.05, 0) is 24.3 Å². The molecule has 0 fully saturated rings. The molecular weight excluding hydrogens is 314 g/mol. The van der Waals surface area contributed by atoms with Crippen LogP contribution in [0.15, 0.2) is 36.9 Å². The summed E-state index contributed by atoms with van der Waals surface area (Å²) >= 11 is 0. The van der Waals surface area contributed by atoms with Crippen molar-refractivity contribution in [2.45, 2.75) is 19.4 Å². The predicted molar refractivity (Wildman–Crippen MR) is 84.3 cm³/mol. The molecule has 2 amide bonds. The average Bonchev–Trinajstić information content (AvgIpc) is 3.06. The summed E-state index contributed by atoms with van der Waals surface area (Å²) in [6, 6.07) is 6.34. The van der Waals surface area contributed by atoms with E-state index in [-0.39, 0.29) is 31.2 Å². The van der Waals surface area contributed by atoms with E-state index in [9.17, 15) is 14.4 Å². The fourth-order valence-electron chi connectivity index (χ4n) is 1.88. The van der Waals surface area contributed by atoms with E-state index in [2.05, 4.69) is 20.7 Å². The van der Waals surface area contributed by atoms with Crippen LogP contribution >= 0.6 is 0 Å². The fraction of sp³-hybridized carbons (Fsp3) is 0.267. The second-order valence-corrected chi connectivity index (χ2v) is 4.93. The van der Waals surface area contributed by atoms with Gasteiger partial charge in [0.05, 0.1) is 13.0 Å². The van der Waals surface area contributed by atoms with Gasteiger partial charge in [-0.1, -0.05) is 0 Å². The number of carboxylic acid groups (broad SMARTS) is 1. The van der Waals surface area contributed by atoms with Crippen LogP contribution < -0.4 is 10.6 Å². The largest absolute Gasteiger partial charge is 0.481 e. The standard InChI is InChI=1S/C15H17N5O4/c21-13(6-8-20-10-16-9-18-20)19-12-3-1-11(2-4-12)15(24)17-7-5-14(22)23/h1-4,9-10H,5-8H2,(H,17,24)(H,19,21)(H,22,23). The van der Waals surface area contributed by atoms with Crippen LogP contribution in [0.3, 0.4) is 0 Å². The Bertz CT molecular complexity index is 697. The van der Waals surface area contributed by atoms with E-state index in [1.54, 1.807) is 28.9 Å². The molecule has 24 heavy (non-hydrogen) atoms. The highest BCUT2D eigenvalue weighted by Gasteiger charge is 2.07. The van der Waals surface area contributed by atoms with Gasteiger partial charge in [-0.3, -0.25) is 19.1 Å². The summed E-state index contributed by atoms with van der Waals surface area (Å²) in [6.07, 6.45) is 3.05. The van der Waals surface area contributed by atoms with E-state index in [0.717, 1.165) is 0 Å². The first-order valence-corrected chi connectivity index (χ1v) is 7.27. The van der Waals surface area contributed by atoms with E-state index in [1.165, 1.54) is 12.7 Å². The molecule has 3 N–H and O–H groups in total. The summed E-state index contributed by atoms with van der Waals surface area (Å²) in [5.41, 5.74) is 0.960. The Morgan fingerprint density at radius 2 is 1.88 bits per heavy atom. The lowest BCUT2D eigenvalue weighted by Crippen LogP contribution is -2.25. The molecule has 126 valence electrons. The first kappa shape index (κ1) is 17.1. The van der Waals surface area contributed by atoms with Crippen molar-refractivity contribution in [3.05, 3.63) is 42.5 Å². The van der Waals surface area contributed by atoms with Gasteiger partial charge in [-0.2, -0.15) is 5.10 Å². The zero-order valence-electron chi connectivity index (χ0n) is 12.8. The third-order valence-electron chi connectivity index (χ3n) is 3.09. The third kappa shape index (κ3) is 5.52. The second-order valence-electron chi connectivity index (χ2n) is 4.93. The second kappa shape index (κ2) is 8.42. The lowest BCUT2D eigenvalue weighted by molar-refractivity contribution is -0.136. The SMILES string of the molecule is O=C(O)CCNC(=O)c1ccc(NC(=O)CCn2cncn2)cc1. The van der Waals surface area contributed by atoms with Crippen LogP contribution in [-0.4, -0.2) is 44.2 Å². The smallest absolute Gasteiger partial charge is 0.305 e. The molecule has 0 aliphatic heterocycles. The van der Waals surface area contributed by atoms with Crippen molar-refractivity contribution in [3.63, 3.8) is 0 Å². The molecule has 0 bridgehead atoms. The maximum Gasteiger partial charge on any atom is 0.305 e. The molecule has 1 aromatic heterocycles. The molecule has 2 aromatic rings. The molecule has 2 rings (SSSR count). The number of rotatable bonds is 8. The monoisotopic (exact) mass is 331 g/mol. The van der Waals surface area contributed by atoms with Gasteiger partial charge >= 0.3 is 5.97 Å². The molecule has 0 aliphatic carbocycles. The summed E-state index contributed by atoms with van der Waals surface area (Å²) in [6.45, 7) is 0.491. The van der Waals surface area contributed by atoms with Crippen LogP contribution in [0, 0.1) is 0 Å². The number of nitrogens with zero attached hydrogens (tertiary/aromatic N) is 3. The Labute approximate surface area is 137 Å². The maximum absolute atomic E-state index is 11.8. The summed E-state index contributed by atoms with van der Waals surface area (Å²) in [5, 5.41) is 17.6. The van der Waals surface area contributed by atoms with Crippen LogP contribution in [0.5, 0.6) is 0 Å². The van der Waals surface area contributed by atoms with Crippen molar-refractivity contribution >= 4 is 23.5 Å². The summed E-state index contributed by atoms with van der Waals surface area (Å²) in [5.74, 6) is -1.51. The Balaban J connectivity index is 1.79. The minimum Gasteiger partial charge on any atom is -0.481 e. The van der Waals surface area contributed by atoms with Crippen molar-refractivity contribution in [1.29, 1.82) is 0 Å². The molecule has 1 heterocycles. The molecule has 0 saturated heterocycles. The molecule has 0 unspecified atom stereocenters. The number of hydrogen-bond acceptors (Lipinski definition) is 5. The lowest BCUT2D eigenvalue weighted by atomic mass is 10.2. The van der Waals surface area contributed by atoms with Gasteiger partial charge in [0, 0.05) is 24.2 Å². The number of carboxylic acids is 1. The summed E-state index contributed by atoms with van der Waals surface area (Å²) in [4.78, 5) is 37.8. The number of hydrogen-bond donors (Lipinski definition) is 3. The number of nitrogens with one attached hydrogen (secondary N) is 2. The zero-order chi connectivity index (χ0) is 17.4. The van der Waals surface area contributed by atoms with Gasteiger partial charge in [0.15, 0.2) is 0 Å². The topological polar surface area (TPSA) is 126 Å². The van der Waals surface area contributed by atoms with Gasteiger partial charge < -0.3 is 15.7 Å². The molecule has 9 heteroatoms. The van der Waals surface area contributed by atoms with E-state index in [4.69, 9.17) is 5.11 Å². The highest BCUT2D eigenvalue weighted by Crippen LogP contribution is 2.10. The minimum atomic E-state index is -0.973. The zero-order valence-corrected chi connectivity index (χ0v) is 12.8. The first-order valence-electron chi connectivity index (χ1n) is 7.27. The third-order valence-corrected chi connectivity index (χ3v) is 3.09. The average molecular weight is 331 g/mol. The predicted octanol–water partition coefficient (Wildman–Crippen LogP) is 0.511. The van der Waals surface area contributed by atoms with Crippen molar-refractivity contribution in [1.82, 2.24) is 20.1 Å². The Morgan fingerprint density at radius 1 is 1.12 bits per heavy atom. The molecule has 0 radical (unpaired) electrons. The van der Waals surface area contributed by atoms with Gasteiger partial charge in [-0.25, -0.2) is 4.98 Å². The number of anilines is 1. The van der Waals surface area contributed by atoms with Crippen LogP contribution in [0.4, 0.5) is 5.69 Å². The van der Waals surface area contributed by atoms with Crippen molar-refractivity contribution < 1.29 is 19.5 Å². The van der Waals surface area contributed by atoms with Gasteiger partial charge in [0.2, 0.25) is 5.91 Å². The van der Waals surface area contributed by atoms with Crippen LogP contribution in [0.1, 0.15) is 23.2 Å². The van der Waals surface area contributed by atoms with E-state index < -0.39 is 5.97 Å². The quantitative estimate of drug-likeness (QED) is 0.647. The number of benzene rings is 1. The van der Waals surface area contributed by atoms with Crippen LogP contribution in [0.25, 0.3) is 0 Å². The van der Waals surface area contributed by atoms with Gasteiger partial charge in [0.1, 0.15) is 12.7 Å². The van der Waals surface area contributed by atoms with Gasteiger partial charge in [-0.15, -0.1) is 0 Å². The number of carbonyl (C=O) groups is 3. The number of aryl methyl sites for hydroxylation is 1. The summed E-state index contributed by atoms with van der Waals surface area (Å²) in [7, 11) is 0. The molecule has 0 saturated carbocycles. The highest BCUT2D eigenvalue weighted by atomic mass is 16.4. The molecule has 0 aliphatic rings. The van der Waals surface area contributed by atoms with Crippen LogP contribution in [0.2, 0.25) is 0 Å². The number of aliphatic carboxylic acids is 1. The number of amides is 2.